The van der Waals surface area contributed by atoms with Crippen LogP contribution in [-0.2, 0) is 21.2 Å². The zero-order chi connectivity index (χ0) is 24.5. The van der Waals surface area contributed by atoms with Gasteiger partial charge in [0.05, 0.1) is 17.7 Å². The Hall–Kier alpha value is -3.85. The molecule has 34 heavy (non-hydrogen) atoms. The van der Waals surface area contributed by atoms with E-state index in [1.165, 1.54) is 28.4 Å². The molecule has 3 aromatic rings. The molecule has 1 unspecified atom stereocenters. The van der Waals surface area contributed by atoms with Crippen LogP contribution in [0.25, 0.3) is 0 Å². The minimum absolute atomic E-state index is 0.0544. The first-order valence-electron chi connectivity index (χ1n) is 10.7. The van der Waals surface area contributed by atoms with Crippen LogP contribution in [0.4, 0.5) is 21.9 Å². The van der Waals surface area contributed by atoms with E-state index in [9.17, 15) is 18.0 Å². The van der Waals surface area contributed by atoms with Gasteiger partial charge in [-0.2, -0.15) is 0 Å². The summed E-state index contributed by atoms with van der Waals surface area (Å²) in [6.45, 7) is 1.87. The first-order chi connectivity index (χ1) is 16.2. The number of hydrogen-bond acceptors (Lipinski definition) is 5. The Balaban J connectivity index is 1.55. The smallest absolute Gasteiger partial charge is 0.413 e. The Morgan fingerprint density at radius 3 is 2.44 bits per heavy atom. The highest BCUT2D eigenvalue weighted by Gasteiger charge is 2.36. The fourth-order valence-electron chi connectivity index (χ4n) is 4.03. The Morgan fingerprint density at radius 1 is 1.03 bits per heavy atom. The zero-order valence-corrected chi connectivity index (χ0v) is 19.9. The maximum Gasteiger partial charge on any atom is 0.413 e. The van der Waals surface area contributed by atoms with E-state index in [0.29, 0.717) is 23.5 Å². The average Bonchev–Trinajstić information content (AvgIpc) is 3.20. The molecule has 1 aliphatic heterocycles. The summed E-state index contributed by atoms with van der Waals surface area (Å²) < 4.78 is 33.1. The SMILES string of the molecule is COC(=O)N(C)c1ccc(NC(=O)c2cccc(S(=O)(=O)N3c4ccccc4CC3C)c2)cc1. The summed E-state index contributed by atoms with van der Waals surface area (Å²) in [4.78, 5) is 25.9. The molecule has 176 valence electrons. The first-order valence-corrected chi connectivity index (χ1v) is 12.1. The van der Waals surface area contributed by atoms with Crippen LogP contribution in [0, 0.1) is 0 Å². The molecule has 0 saturated heterocycles. The number of methoxy groups -OCH3 is 1. The molecule has 0 fully saturated rings. The van der Waals surface area contributed by atoms with Crippen molar-refractivity contribution in [2.75, 3.05) is 28.7 Å². The molecule has 1 aliphatic rings. The van der Waals surface area contributed by atoms with E-state index >= 15 is 0 Å². The molecule has 3 aromatic carbocycles. The molecule has 1 N–H and O–H groups in total. The topological polar surface area (TPSA) is 96.0 Å². The number of para-hydroxylation sites is 1. The molecule has 0 spiro atoms. The van der Waals surface area contributed by atoms with Crippen molar-refractivity contribution in [1.29, 1.82) is 0 Å². The normalized spacial score (nSPS) is 14.9. The first kappa shape index (κ1) is 23.3. The highest BCUT2D eigenvalue weighted by molar-refractivity contribution is 7.92. The number of nitrogens with zero attached hydrogens (tertiary/aromatic N) is 2. The molecule has 2 amide bonds. The van der Waals surface area contributed by atoms with E-state index < -0.39 is 22.0 Å². The third kappa shape index (κ3) is 4.34. The highest BCUT2D eigenvalue weighted by atomic mass is 32.2. The van der Waals surface area contributed by atoms with Crippen LogP contribution in [0.3, 0.4) is 0 Å². The second kappa shape index (κ2) is 9.18. The number of nitrogens with one attached hydrogen (secondary N) is 1. The lowest BCUT2D eigenvalue weighted by molar-refractivity contribution is 0.102. The van der Waals surface area contributed by atoms with Gasteiger partial charge in [-0.3, -0.25) is 14.0 Å². The second-order valence-corrected chi connectivity index (χ2v) is 9.86. The van der Waals surface area contributed by atoms with Gasteiger partial charge >= 0.3 is 6.09 Å². The number of sulfonamides is 1. The van der Waals surface area contributed by atoms with Crippen LogP contribution in [0.2, 0.25) is 0 Å². The molecule has 0 saturated carbocycles. The largest absolute Gasteiger partial charge is 0.452 e. The number of ether oxygens (including phenoxy) is 1. The number of anilines is 3. The maximum absolute atomic E-state index is 13.5. The quantitative estimate of drug-likeness (QED) is 0.589. The van der Waals surface area contributed by atoms with Crippen LogP contribution in [0.15, 0.2) is 77.7 Å². The zero-order valence-electron chi connectivity index (χ0n) is 19.1. The highest BCUT2D eigenvalue weighted by Crippen LogP contribution is 2.36. The monoisotopic (exact) mass is 479 g/mol. The lowest BCUT2D eigenvalue weighted by Crippen LogP contribution is -2.35. The summed E-state index contributed by atoms with van der Waals surface area (Å²) in [5.41, 5.74) is 2.97. The van der Waals surface area contributed by atoms with E-state index in [0.717, 1.165) is 5.56 Å². The van der Waals surface area contributed by atoms with Crippen molar-refractivity contribution >= 4 is 39.1 Å². The second-order valence-electron chi connectivity index (χ2n) is 8.04. The molecule has 9 heteroatoms. The van der Waals surface area contributed by atoms with E-state index in [-0.39, 0.29) is 16.5 Å². The summed E-state index contributed by atoms with van der Waals surface area (Å²) >= 11 is 0. The Labute approximate surface area is 198 Å². The molecule has 8 nitrogen and oxygen atoms in total. The van der Waals surface area contributed by atoms with Crippen molar-refractivity contribution in [3.63, 3.8) is 0 Å². The van der Waals surface area contributed by atoms with Crippen molar-refractivity contribution < 1.29 is 22.7 Å². The standard InChI is InChI=1S/C25H25N3O5S/c1-17-15-18-7-4-5-10-23(18)28(17)34(31,32)22-9-6-8-19(16-22)24(29)26-20-11-13-21(14-12-20)27(2)25(30)33-3/h4-14,16-17H,15H2,1-3H3,(H,26,29). The molecule has 0 aliphatic carbocycles. The number of fused-ring (bicyclic) bond motifs is 1. The van der Waals surface area contributed by atoms with Crippen LogP contribution >= 0.6 is 0 Å². The van der Waals surface area contributed by atoms with Crippen molar-refractivity contribution in [2.24, 2.45) is 0 Å². The van der Waals surface area contributed by atoms with Crippen molar-refractivity contribution in [1.82, 2.24) is 0 Å². The van der Waals surface area contributed by atoms with E-state index in [2.05, 4.69) is 10.1 Å². The lowest BCUT2D eigenvalue weighted by Gasteiger charge is -2.24. The van der Waals surface area contributed by atoms with Gasteiger partial charge in [-0.25, -0.2) is 13.2 Å². The predicted octanol–water partition coefficient (Wildman–Crippen LogP) is 4.28. The number of amides is 2. The summed E-state index contributed by atoms with van der Waals surface area (Å²) in [6, 6.07) is 19.9. The molecule has 0 radical (unpaired) electrons. The molecule has 0 aromatic heterocycles. The van der Waals surface area contributed by atoms with Gasteiger partial charge in [0.2, 0.25) is 0 Å². The van der Waals surface area contributed by atoms with Gasteiger partial charge in [0.1, 0.15) is 0 Å². The third-order valence-electron chi connectivity index (χ3n) is 5.76. The van der Waals surface area contributed by atoms with Crippen molar-refractivity contribution in [3.05, 3.63) is 83.9 Å². The van der Waals surface area contributed by atoms with E-state index in [4.69, 9.17) is 0 Å². The minimum atomic E-state index is -3.85. The maximum atomic E-state index is 13.5. The molecule has 1 atom stereocenters. The number of hydrogen-bond donors (Lipinski definition) is 1. The average molecular weight is 480 g/mol. The molecular formula is C25H25N3O5S. The summed E-state index contributed by atoms with van der Waals surface area (Å²) in [6.07, 6.45) is 0.126. The Bertz CT molecular complexity index is 1340. The summed E-state index contributed by atoms with van der Waals surface area (Å²) in [5.74, 6) is -0.444. The molecule has 1 heterocycles. The van der Waals surface area contributed by atoms with Crippen LogP contribution in [0.1, 0.15) is 22.8 Å². The molecule has 0 bridgehead atoms. The van der Waals surface area contributed by atoms with Gasteiger partial charge in [0, 0.05) is 30.0 Å². The van der Waals surface area contributed by atoms with Crippen LogP contribution < -0.4 is 14.5 Å². The van der Waals surface area contributed by atoms with Gasteiger partial charge in [0.25, 0.3) is 15.9 Å². The number of rotatable bonds is 5. The number of benzene rings is 3. The van der Waals surface area contributed by atoms with Crippen molar-refractivity contribution in [2.45, 2.75) is 24.3 Å². The van der Waals surface area contributed by atoms with Crippen molar-refractivity contribution in [3.8, 4) is 0 Å². The van der Waals surface area contributed by atoms with Gasteiger partial charge < -0.3 is 10.1 Å². The fourth-order valence-corrected chi connectivity index (χ4v) is 5.77. The number of carbonyl (C=O) groups is 2. The molecular weight excluding hydrogens is 454 g/mol. The summed E-state index contributed by atoms with van der Waals surface area (Å²) in [5, 5.41) is 2.76. The minimum Gasteiger partial charge on any atom is -0.452 e. The summed E-state index contributed by atoms with van der Waals surface area (Å²) in [7, 11) is -0.981. The van der Waals surface area contributed by atoms with Crippen LogP contribution in [0.5, 0.6) is 0 Å². The van der Waals surface area contributed by atoms with E-state index in [1.54, 1.807) is 49.5 Å². The van der Waals surface area contributed by atoms with E-state index in [1.807, 2.05) is 25.1 Å². The van der Waals surface area contributed by atoms with Gasteiger partial charge in [-0.05, 0) is 67.4 Å². The Kier molecular flexibility index (Phi) is 6.30. The Morgan fingerprint density at radius 2 is 1.74 bits per heavy atom. The third-order valence-corrected chi connectivity index (χ3v) is 7.68. The predicted molar refractivity (Wildman–Crippen MR) is 131 cm³/mol. The van der Waals surface area contributed by atoms with Gasteiger partial charge in [-0.15, -0.1) is 0 Å². The van der Waals surface area contributed by atoms with Gasteiger partial charge in [-0.1, -0.05) is 24.3 Å². The lowest BCUT2D eigenvalue weighted by atomic mass is 10.1. The number of carbonyl (C=O) groups excluding carboxylic acids is 2. The fraction of sp³-hybridized carbons (Fsp3) is 0.200. The van der Waals surface area contributed by atoms with Crippen LogP contribution in [-0.4, -0.2) is 40.6 Å². The molecule has 4 rings (SSSR count). The van der Waals surface area contributed by atoms with Gasteiger partial charge in [0.15, 0.2) is 0 Å².